The molecule has 70 valence electrons. The average Bonchev–Trinajstić information content (AvgIpc) is 2.52. The lowest BCUT2D eigenvalue weighted by atomic mass is 10.1. The summed E-state index contributed by atoms with van der Waals surface area (Å²) in [6, 6.07) is 8.43. The molecule has 0 amide bonds. The zero-order valence-electron chi connectivity index (χ0n) is 7.67. The molecule has 0 radical (unpaired) electrons. The van der Waals surface area contributed by atoms with Gasteiger partial charge in [-0.1, -0.05) is 6.07 Å². The number of halogens is 1. The Bertz CT molecular complexity index is 522. The maximum absolute atomic E-state index is 8.65. The van der Waals surface area contributed by atoms with Crippen LogP contribution in [0.2, 0.25) is 0 Å². The second kappa shape index (κ2) is 3.72. The summed E-state index contributed by atoms with van der Waals surface area (Å²) in [5, 5.41) is 9.88. The highest BCUT2D eigenvalue weighted by molar-refractivity contribution is 9.10. The molecule has 0 aliphatic carbocycles. The SMILES string of the molecule is Cc1cc2c(Br)c(CC#N)ccc2s1. The normalized spacial score (nSPS) is 10.4. The summed E-state index contributed by atoms with van der Waals surface area (Å²) in [6.07, 6.45) is 0.464. The molecule has 0 aliphatic heterocycles. The fourth-order valence-corrected chi connectivity index (χ4v) is 3.13. The molecule has 0 bridgehead atoms. The van der Waals surface area contributed by atoms with Crippen LogP contribution in [-0.2, 0) is 6.42 Å². The van der Waals surface area contributed by atoms with Gasteiger partial charge in [-0.2, -0.15) is 5.26 Å². The van der Waals surface area contributed by atoms with Crippen molar-refractivity contribution in [1.29, 1.82) is 5.26 Å². The monoisotopic (exact) mass is 265 g/mol. The predicted molar refractivity (Wildman–Crippen MR) is 63.6 cm³/mol. The molecule has 0 fully saturated rings. The number of hydrogen-bond acceptors (Lipinski definition) is 2. The molecule has 0 N–H and O–H groups in total. The molecule has 3 heteroatoms. The van der Waals surface area contributed by atoms with Crippen LogP contribution in [0.1, 0.15) is 10.4 Å². The highest BCUT2D eigenvalue weighted by Crippen LogP contribution is 2.33. The zero-order valence-corrected chi connectivity index (χ0v) is 10.1. The Labute approximate surface area is 95.1 Å². The number of benzene rings is 1. The van der Waals surface area contributed by atoms with E-state index in [-0.39, 0.29) is 0 Å². The Balaban J connectivity index is 2.69. The Morgan fingerprint density at radius 2 is 2.29 bits per heavy atom. The maximum Gasteiger partial charge on any atom is 0.0670 e. The van der Waals surface area contributed by atoms with Gasteiger partial charge in [-0.15, -0.1) is 11.3 Å². The van der Waals surface area contributed by atoms with Crippen molar-refractivity contribution in [2.45, 2.75) is 13.3 Å². The average molecular weight is 266 g/mol. The van der Waals surface area contributed by atoms with E-state index >= 15 is 0 Å². The number of rotatable bonds is 1. The van der Waals surface area contributed by atoms with Crippen molar-refractivity contribution < 1.29 is 0 Å². The van der Waals surface area contributed by atoms with Gasteiger partial charge in [-0.3, -0.25) is 0 Å². The largest absolute Gasteiger partial charge is 0.198 e. The van der Waals surface area contributed by atoms with Crippen molar-refractivity contribution in [2.75, 3.05) is 0 Å². The summed E-state index contributed by atoms with van der Waals surface area (Å²) in [6.45, 7) is 2.10. The zero-order chi connectivity index (χ0) is 10.1. The van der Waals surface area contributed by atoms with Crippen molar-refractivity contribution in [2.24, 2.45) is 0 Å². The van der Waals surface area contributed by atoms with E-state index in [0.29, 0.717) is 6.42 Å². The van der Waals surface area contributed by atoms with Crippen LogP contribution in [0.25, 0.3) is 10.1 Å². The lowest BCUT2D eigenvalue weighted by molar-refractivity contribution is 1.26. The molecule has 1 aromatic heterocycles. The molecular weight excluding hydrogens is 258 g/mol. The van der Waals surface area contributed by atoms with Gasteiger partial charge < -0.3 is 0 Å². The van der Waals surface area contributed by atoms with Crippen LogP contribution in [-0.4, -0.2) is 0 Å². The lowest BCUT2D eigenvalue weighted by Gasteiger charge is -2.00. The highest BCUT2D eigenvalue weighted by Gasteiger charge is 2.06. The van der Waals surface area contributed by atoms with Gasteiger partial charge in [0.05, 0.1) is 12.5 Å². The van der Waals surface area contributed by atoms with Gasteiger partial charge >= 0.3 is 0 Å². The van der Waals surface area contributed by atoms with Crippen molar-refractivity contribution >= 4 is 37.4 Å². The van der Waals surface area contributed by atoms with Crippen LogP contribution in [0.4, 0.5) is 0 Å². The summed E-state index contributed by atoms with van der Waals surface area (Å²) in [5.74, 6) is 0. The van der Waals surface area contributed by atoms with Gasteiger partial charge in [0.1, 0.15) is 0 Å². The highest BCUT2D eigenvalue weighted by atomic mass is 79.9. The number of fused-ring (bicyclic) bond motifs is 1. The van der Waals surface area contributed by atoms with Crippen molar-refractivity contribution in [3.05, 3.63) is 33.1 Å². The van der Waals surface area contributed by atoms with E-state index in [1.807, 2.05) is 6.07 Å². The van der Waals surface area contributed by atoms with Crippen LogP contribution < -0.4 is 0 Å². The minimum Gasteiger partial charge on any atom is -0.198 e. The minimum atomic E-state index is 0.464. The molecule has 2 aromatic rings. The first-order valence-electron chi connectivity index (χ1n) is 4.27. The van der Waals surface area contributed by atoms with Gasteiger partial charge in [-0.25, -0.2) is 0 Å². The fourth-order valence-electron chi connectivity index (χ4n) is 1.47. The topological polar surface area (TPSA) is 23.8 Å². The van der Waals surface area contributed by atoms with Crippen LogP contribution in [0.5, 0.6) is 0 Å². The Morgan fingerprint density at radius 1 is 1.50 bits per heavy atom. The summed E-state index contributed by atoms with van der Waals surface area (Å²) < 4.78 is 2.34. The molecule has 0 spiro atoms. The van der Waals surface area contributed by atoms with E-state index < -0.39 is 0 Å². The third-order valence-corrected chi connectivity index (χ3v) is 4.06. The summed E-state index contributed by atoms with van der Waals surface area (Å²) in [5.41, 5.74) is 1.07. The molecule has 1 heterocycles. The van der Waals surface area contributed by atoms with Crippen LogP contribution in [0, 0.1) is 18.3 Å². The van der Waals surface area contributed by atoms with Crippen LogP contribution in [0.3, 0.4) is 0 Å². The molecular formula is C11H8BrNS. The molecule has 0 aliphatic rings. The predicted octanol–water partition coefficient (Wildman–Crippen LogP) is 4.04. The molecule has 0 unspecified atom stereocenters. The van der Waals surface area contributed by atoms with Crippen molar-refractivity contribution in [3.63, 3.8) is 0 Å². The second-order valence-corrected chi connectivity index (χ2v) is 5.22. The Morgan fingerprint density at radius 3 is 3.00 bits per heavy atom. The van der Waals surface area contributed by atoms with E-state index in [0.717, 1.165) is 10.0 Å². The molecule has 1 nitrogen and oxygen atoms in total. The van der Waals surface area contributed by atoms with Crippen LogP contribution in [0.15, 0.2) is 22.7 Å². The number of nitrogens with zero attached hydrogens (tertiary/aromatic N) is 1. The van der Waals surface area contributed by atoms with Gasteiger partial charge in [0.15, 0.2) is 0 Å². The third-order valence-electron chi connectivity index (χ3n) is 2.11. The van der Waals surface area contributed by atoms with Gasteiger partial charge in [0, 0.05) is 19.4 Å². The molecule has 0 saturated carbocycles. The summed E-state index contributed by atoms with van der Waals surface area (Å²) >= 11 is 5.33. The standard InChI is InChI=1S/C11H8BrNS/c1-7-6-9-10(14-7)3-2-8(4-5-13)11(9)12/h2-3,6H,4H2,1H3. The lowest BCUT2D eigenvalue weighted by Crippen LogP contribution is -1.82. The summed E-state index contributed by atoms with van der Waals surface area (Å²) in [7, 11) is 0. The van der Waals surface area contributed by atoms with E-state index in [4.69, 9.17) is 5.26 Å². The first kappa shape index (κ1) is 9.70. The molecule has 14 heavy (non-hydrogen) atoms. The van der Waals surface area contributed by atoms with E-state index in [1.54, 1.807) is 11.3 Å². The van der Waals surface area contributed by atoms with Gasteiger partial charge in [0.25, 0.3) is 0 Å². The van der Waals surface area contributed by atoms with E-state index in [1.165, 1.54) is 15.0 Å². The first-order chi connectivity index (χ1) is 6.72. The van der Waals surface area contributed by atoms with Gasteiger partial charge in [-0.05, 0) is 40.5 Å². The smallest absolute Gasteiger partial charge is 0.0670 e. The van der Waals surface area contributed by atoms with E-state index in [9.17, 15) is 0 Å². The minimum absolute atomic E-state index is 0.464. The first-order valence-corrected chi connectivity index (χ1v) is 5.88. The number of thiophene rings is 1. The molecule has 0 atom stereocenters. The molecule has 0 saturated heterocycles. The molecule has 1 aromatic carbocycles. The third kappa shape index (κ3) is 1.56. The second-order valence-electron chi connectivity index (χ2n) is 3.14. The van der Waals surface area contributed by atoms with Crippen molar-refractivity contribution in [1.82, 2.24) is 0 Å². The number of nitriles is 1. The molecule has 2 rings (SSSR count). The maximum atomic E-state index is 8.65. The number of aryl methyl sites for hydroxylation is 1. The van der Waals surface area contributed by atoms with Crippen LogP contribution >= 0.6 is 27.3 Å². The number of hydrogen-bond donors (Lipinski definition) is 0. The summed E-state index contributed by atoms with van der Waals surface area (Å²) in [4.78, 5) is 1.30. The quantitative estimate of drug-likeness (QED) is 0.764. The van der Waals surface area contributed by atoms with Crippen molar-refractivity contribution in [3.8, 4) is 6.07 Å². The van der Waals surface area contributed by atoms with E-state index in [2.05, 4.69) is 41.1 Å². The fraction of sp³-hybridized carbons (Fsp3) is 0.182. The van der Waals surface area contributed by atoms with Gasteiger partial charge in [0.2, 0.25) is 0 Å². The Kier molecular flexibility index (Phi) is 2.58. The Hall–Kier alpha value is -0.850.